The topological polar surface area (TPSA) is 40.4 Å². The summed E-state index contributed by atoms with van der Waals surface area (Å²) in [5.41, 5.74) is 0.932. The van der Waals surface area contributed by atoms with E-state index in [1.165, 1.54) is 11.0 Å². The molecule has 1 aromatic carbocycles. The zero-order valence-corrected chi connectivity index (χ0v) is 15.2. The molecule has 0 aliphatic carbocycles. The third kappa shape index (κ3) is 2.81. The molecule has 5 rings (SSSR count). The highest BCUT2D eigenvalue weighted by atomic mass is 19.4. The lowest BCUT2D eigenvalue weighted by Crippen LogP contribution is -2.51. The molecule has 0 spiro atoms. The maximum Gasteiger partial charge on any atom is 0.451 e. The van der Waals surface area contributed by atoms with Crippen LogP contribution in [-0.2, 0) is 12.8 Å². The number of aromatic nitrogens is 3. The Morgan fingerprint density at radius 3 is 2.47 bits per heavy atom. The van der Waals surface area contributed by atoms with Crippen molar-refractivity contribution in [3.63, 3.8) is 0 Å². The second-order valence-corrected chi connectivity index (χ2v) is 7.17. The Morgan fingerprint density at radius 1 is 1.03 bits per heavy atom. The average Bonchev–Trinajstić information content (AvgIpc) is 3.38. The Bertz CT molecular complexity index is 1050. The summed E-state index contributed by atoms with van der Waals surface area (Å²) >= 11 is 0. The average molecular weight is 428 g/mol. The first-order valence-electron chi connectivity index (χ1n) is 9.08. The van der Waals surface area contributed by atoms with Gasteiger partial charge < -0.3 is 14.7 Å². The molecule has 4 heterocycles. The van der Waals surface area contributed by atoms with E-state index >= 15 is 0 Å². The fourth-order valence-corrected chi connectivity index (χ4v) is 4.05. The van der Waals surface area contributed by atoms with Crippen molar-refractivity contribution >= 4 is 11.8 Å². The Balaban J connectivity index is 1.53. The molecule has 0 bridgehead atoms. The molecule has 158 valence electrons. The fourth-order valence-electron chi connectivity index (χ4n) is 4.05. The molecule has 3 aliphatic heterocycles. The molecule has 1 fully saturated rings. The first kappa shape index (κ1) is 18.8. The number of halogens is 6. The maximum absolute atomic E-state index is 13.8. The van der Waals surface area contributed by atoms with E-state index in [-0.39, 0.29) is 18.2 Å². The Kier molecular flexibility index (Phi) is 4.02. The van der Waals surface area contributed by atoms with Crippen molar-refractivity contribution in [1.82, 2.24) is 24.6 Å². The minimum absolute atomic E-state index is 0.0524. The van der Waals surface area contributed by atoms with Gasteiger partial charge in [-0.05, 0) is 18.9 Å². The summed E-state index contributed by atoms with van der Waals surface area (Å²) in [5.74, 6) is -5.35. The van der Waals surface area contributed by atoms with E-state index in [0.29, 0.717) is 13.0 Å². The molecular formula is C18H14F6N6. The largest absolute Gasteiger partial charge is 0.451 e. The zero-order valence-electron chi connectivity index (χ0n) is 15.2. The number of nitrogens with zero attached hydrogens (tertiary/aromatic N) is 6. The number of hydrogen-bond donors (Lipinski definition) is 0. The van der Waals surface area contributed by atoms with Gasteiger partial charge in [0.2, 0.25) is 5.82 Å². The summed E-state index contributed by atoms with van der Waals surface area (Å²) in [6, 6.07) is 1.73. The van der Waals surface area contributed by atoms with Crippen LogP contribution < -0.4 is 4.90 Å². The number of allylic oxidation sites excluding steroid dienone is 1. The van der Waals surface area contributed by atoms with Gasteiger partial charge in [-0.3, -0.25) is 4.57 Å². The van der Waals surface area contributed by atoms with Crippen LogP contribution in [-0.4, -0.2) is 37.4 Å². The summed E-state index contributed by atoms with van der Waals surface area (Å²) in [7, 11) is 0. The van der Waals surface area contributed by atoms with Gasteiger partial charge >= 0.3 is 6.18 Å². The van der Waals surface area contributed by atoms with Gasteiger partial charge in [-0.2, -0.15) is 13.2 Å². The van der Waals surface area contributed by atoms with Gasteiger partial charge in [0.15, 0.2) is 29.6 Å². The van der Waals surface area contributed by atoms with Crippen LogP contribution in [0.25, 0.3) is 6.08 Å². The van der Waals surface area contributed by atoms with E-state index in [1.807, 2.05) is 4.90 Å². The molecule has 0 N–H and O–H groups in total. The van der Waals surface area contributed by atoms with E-state index in [4.69, 9.17) is 0 Å². The van der Waals surface area contributed by atoms with Crippen LogP contribution in [0.3, 0.4) is 0 Å². The molecule has 1 saturated heterocycles. The summed E-state index contributed by atoms with van der Waals surface area (Å²) in [5, 5.41) is 6.79. The summed E-state index contributed by atoms with van der Waals surface area (Å²) < 4.78 is 81.9. The molecule has 0 radical (unpaired) electrons. The second kappa shape index (κ2) is 6.41. The summed E-state index contributed by atoms with van der Waals surface area (Å²) in [4.78, 5) is 5.04. The number of benzene rings is 1. The second-order valence-electron chi connectivity index (χ2n) is 7.17. The van der Waals surface area contributed by atoms with Gasteiger partial charge in [-0.15, -0.1) is 10.2 Å². The van der Waals surface area contributed by atoms with E-state index < -0.39 is 35.7 Å². The molecule has 0 saturated carbocycles. The normalized spacial score (nSPS) is 20.7. The Hall–Kier alpha value is -3.18. The van der Waals surface area contributed by atoms with Crippen molar-refractivity contribution < 1.29 is 26.3 Å². The zero-order chi connectivity index (χ0) is 21.2. The van der Waals surface area contributed by atoms with Crippen LogP contribution in [0.5, 0.6) is 0 Å². The highest BCUT2D eigenvalue weighted by Gasteiger charge is 2.43. The van der Waals surface area contributed by atoms with Crippen molar-refractivity contribution in [3.05, 3.63) is 59.3 Å². The molecule has 1 unspecified atom stereocenters. The lowest BCUT2D eigenvalue weighted by atomic mass is 10.2. The van der Waals surface area contributed by atoms with Gasteiger partial charge in [0.1, 0.15) is 6.67 Å². The molecule has 30 heavy (non-hydrogen) atoms. The van der Waals surface area contributed by atoms with Crippen LogP contribution in [0.2, 0.25) is 0 Å². The SMILES string of the molecule is Fc1cc(N2C=C3CCCN3C2N2C=Cc3nnc(C(F)(F)F)n3C2)cc(F)c1F. The van der Waals surface area contributed by atoms with E-state index in [9.17, 15) is 26.3 Å². The standard InChI is InChI=1S/C18H14F6N6/c19-12-6-11(7-13(20)15(12)21)29-8-10-2-1-4-28(10)17(29)27-5-3-14-25-26-16(18(22,23)24)30(14)9-27/h3,5-8,17H,1-2,4,9H2. The Labute approximate surface area is 166 Å². The summed E-state index contributed by atoms with van der Waals surface area (Å²) in [6.07, 6.45) is 0.826. The number of alkyl halides is 3. The number of hydrogen-bond acceptors (Lipinski definition) is 5. The number of rotatable bonds is 2. The fraction of sp³-hybridized carbons (Fsp3) is 0.333. The first-order valence-corrected chi connectivity index (χ1v) is 9.08. The maximum atomic E-state index is 13.8. The highest BCUT2D eigenvalue weighted by Crippen LogP contribution is 2.39. The van der Waals surface area contributed by atoms with Crippen LogP contribution in [0.1, 0.15) is 24.5 Å². The monoisotopic (exact) mass is 428 g/mol. The third-order valence-corrected chi connectivity index (χ3v) is 5.33. The minimum Gasteiger partial charge on any atom is -0.336 e. The Morgan fingerprint density at radius 2 is 1.77 bits per heavy atom. The van der Waals surface area contributed by atoms with Crippen LogP contribution in [0.4, 0.5) is 32.0 Å². The van der Waals surface area contributed by atoms with Crippen LogP contribution in [0, 0.1) is 17.5 Å². The third-order valence-electron chi connectivity index (χ3n) is 5.33. The first-order chi connectivity index (χ1) is 14.2. The van der Waals surface area contributed by atoms with E-state index in [1.54, 1.807) is 17.3 Å². The van der Waals surface area contributed by atoms with Crippen molar-refractivity contribution in [2.75, 3.05) is 11.4 Å². The van der Waals surface area contributed by atoms with Crippen molar-refractivity contribution in [2.45, 2.75) is 32.0 Å². The minimum atomic E-state index is -4.68. The predicted molar refractivity (Wildman–Crippen MR) is 92.5 cm³/mol. The van der Waals surface area contributed by atoms with Gasteiger partial charge in [-0.25, -0.2) is 13.2 Å². The van der Waals surface area contributed by atoms with Crippen molar-refractivity contribution in [2.24, 2.45) is 0 Å². The smallest absolute Gasteiger partial charge is 0.336 e. The van der Waals surface area contributed by atoms with Crippen LogP contribution >= 0.6 is 0 Å². The molecular weight excluding hydrogens is 414 g/mol. The van der Waals surface area contributed by atoms with E-state index in [0.717, 1.165) is 28.8 Å². The quantitative estimate of drug-likeness (QED) is 0.539. The molecule has 6 nitrogen and oxygen atoms in total. The van der Waals surface area contributed by atoms with Crippen LogP contribution in [0.15, 0.2) is 30.2 Å². The highest BCUT2D eigenvalue weighted by molar-refractivity contribution is 5.54. The van der Waals surface area contributed by atoms with Crippen molar-refractivity contribution in [3.8, 4) is 0 Å². The van der Waals surface area contributed by atoms with Gasteiger partial charge in [0.25, 0.3) is 0 Å². The molecule has 1 atom stereocenters. The van der Waals surface area contributed by atoms with Gasteiger partial charge in [-0.1, -0.05) is 0 Å². The molecule has 12 heteroatoms. The molecule has 2 aromatic rings. The molecule has 1 aromatic heterocycles. The number of fused-ring (bicyclic) bond motifs is 2. The lowest BCUT2D eigenvalue weighted by molar-refractivity contribution is -0.148. The van der Waals surface area contributed by atoms with Gasteiger partial charge in [0, 0.05) is 36.8 Å². The molecule has 3 aliphatic rings. The molecule has 0 amide bonds. The number of anilines is 1. The summed E-state index contributed by atoms with van der Waals surface area (Å²) in [6.45, 7) is 0.392. The van der Waals surface area contributed by atoms with Gasteiger partial charge in [0.05, 0.1) is 5.69 Å². The van der Waals surface area contributed by atoms with E-state index in [2.05, 4.69) is 10.2 Å². The predicted octanol–water partition coefficient (Wildman–Crippen LogP) is 3.70. The lowest BCUT2D eigenvalue weighted by Gasteiger charge is -2.41. The van der Waals surface area contributed by atoms with Crippen molar-refractivity contribution in [1.29, 1.82) is 0 Å².